The van der Waals surface area contributed by atoms with E-state index in [9.17, 15) is 18.0 Å². The zero-order chi connectivity index (χ0) is 29.4. The minimum atomic E-state index is -4.13. The first-order valence-electron chi connectivity index (χ1n) is 14.1. The fourth-order valence-corrected chi connectivity index (χ4v) is 6.90. The van der Waals surface area contributed by atoms with E-state index in [1.165, 1.54) is 17.0 Å². The third-order valence-corrected chi connectivity index (χ3v) is 9.90. The molecule has 9 heteroatoms. The average molecular weight is 596 g/mol. The number of nitrogens with zero attached hydrogens (tertiary/aromatic N) is 2. The molecule has 3 aromatic rings. The zero-order valence-corrected chi connectivity index (χ0v) is 25.2. The first-order valence-corrected chi connectivity index (χ1v) is 16.0. The largest absolute Gasteiger partial charge is 0.352 e. The van der Waals surface area contributed by atoms with E-state index in [-0.39, 0.29) is 23.4 Å². The van der Waals surface area contributed by atoms with Crippen molar-refractivity contribution in [2.75, 3.05) is 17.4 Å². The Hall–Kier alpha value is -3.36. The predicted octanol–water partition coefficient (Wildman–Crippen LogP) is 5.75. The van der Waals surface area contributed by atoms with Gasteiger partial charge in [0.1, 0.15) is 12.6 Å². The van der Waals surface area contributed by atoms with Gasteiger partial charge in [-0.15, -0.1) is 0 Å². The second-order valence-electron chi connectivity index (χ2n) is 10.6. The normalized spacial score (nSPS) is 14.7. The van der Waals surface area contributed by atoms with Crippen LogP contribution in [0.15, 0.2) is 83.8 Å². The van der Waals surface area contributed by atoms with E-state index < -0.39 is 28.5 Å². The van der Waals surface area contributed by atoms with Crippen molar-refractivity contribution in [2.45, 2.75) is 69.4 Å². The maximum atomic E-state index is 14.1. The summed E-state index contributed by atoms with van der Waals surface area (Å²) >= 11 is 6.39. The third kappa shape index (κ3) is 7.68. The summed E-state index contributed by atoms with van der Waals surface area (Å²) in [5.41, 5.74) is 1.88. The molecule has 0 aliphatic heterocycles. The van der Waals surface area contributed by atoms with Crippen molar-refractivity contribution in [2.24, 2.45) is 0 Å². The highest BCUT2D eigenvalue weighted by atomic mass is 35.5. The molecule has 1 aliphatic rings. The van der Waals surface area contributed by atoms with Crippen molar-refractivity contribution in [1.82, 2.24) is 10.2 Å². The lowest BCUT2D eigenvalue weighted by molar-refractivity contribution is -0.139. The van der Waals surface area contributed by atoms with Gasteiger partial charge in [0.05, 0.1) is 10.6 Å². The lowest BCUT2D eigenvalue weighted by Crippen LogP contribution is -2.53. The van der Waals surface area contributed by atoms with Crippen molar-refractivity contribution in [3.63, 3.8) is 0 Å². The zero-order valence-electron chi connectivity index (χ0n) is 23.6. The van der Waals surface area contributed by atoms with E-state index >= 15 is 0 Å². The number of hydrogen-bond donors (Lipinski definition) is 1. The number of amides is 2. The average Bonchev–Trinajstić information content (AvgIpc) is 2.99. The summed E-state index contributed by atoms with van der Waals surface area (Å²) in [5.74, 6) is -0.694. The molecule has 0 unspecified atom stereocenters. The van der Waals surface area contributed by atoms with Gasteiger partial charge < -0.3 is 10.2 Å². The molecule has 0 saturated heterocycles. The number of carbonyl (C=O) groups excluding carboxylic acids is 2. The van der Waals surface area contributed by atoms with Gasteiger partial charge in [0.25, 0.3) is 10.0 Å². The van der Waals surface area contributed by atoms with Crippen LogP contribution >= 0.6 is 11.6 Å². The van der Waals surface area contributed by atoms with Gasteiger partial charge in [-0.05, 0) is 68.5 Å². The van der Waals surface area contributed by atoms with Crippen LogP contribution in [0.1, 0.15) is 50.2 Å². The molecule has 41 heavy (non-hydrogen) atoms. The molecular formula is C32H38ClN3O4S. The molecule has 0 radical (unpaired) electrons. The Balaban J connectivity index is 1.66. The van der Waals surface area contributed by atoms with E-state index in [4.69, 9.17) is 11.6 Å². The molecule has 1 N–H and O–H groups in total. The number of anilines is 1. The minimum absolute atomic E-state index is 0.0612. The van der Waals surface area contributed by atoms with Crippen molar-refractivity contribution in [3.05, 3.63) is 95.0 Å². The predicted molar refractivity (Wildman–Crippen MR) is 163 cm³/mol. The van der Waals surface area contributed by atoms with E-state index in [2.05, 4.69) is 5.32 Å². The highest BCUT2D eigenvalue weighted by Crippen LogP contribution is 2.31. The first-order chi connectivity index (χ1) is 19.7. The Kier molecular flexibility index (Phi) is 10.5. The number of nitrogens with one attached hydrogen (secondary N) is 1. The smallest absolute Gasteiger partial charge is 0.264 e. The van der Waals surface area contributed by atoms with E-state index in [1.54, 1.807) is 50.2 Å². The highest BCUT2D eigenvalue weighted by molar-refractivity contribution is 7.92. The summed E-state index contributed by atoms with van der Waals surface area (Å²) in [7, 11) is -4.13. The summed E-state index contributed by atoms with van der Waals surface area (Å²) < 4.78 is 29.0. The maximum absolute atomic E-state index is 14.1. The molecule has 0 bridgehead atoms. The molecule has 7 nitrogen and oxygen atoms in total. The SMILES string of the molecule is Cc1c(Cl)cccc1N(CC(=O)N(CCc1ccccc1)[C@H](C)C(=O)NC1CCCCC1)S(=O)(=O)c1ccccc1. The van der Waals surface area contributed by atoms with Crippen LogP contribution in [0.5, 0.6) is 0 Å². The Morgan fingerprint density at radius 3 is 2.22 bits per heavy atom. The van der Waals surface area contributed by atoms with Gasteiger partial charge in [0, 0.05) is 17.6 Å². The summed E-state index contributed by atoms with van der Waals surface area (Å²) in [6.45, 7) is 3.22. The number of hydrogen-bond acceptors (Lipinski definition) is 4. The molecule has 218 valence electrons. The molecular weight excluding hydrogens is 558 g/mol. The lowest BCUT2D eigenvalue weighted by atomic mass is 9.95. The van der Waals surface area contributed by atoms with Gasteiger partial charge in [0.2, 0.25) is 11.8 Å². The van der Waals surface area contributed by atoms with Crippen LogP contribution in [-0.4, -0.2) is 50.3 Å². The number of benzene rings is 3. The first kappa shape index (κ1) is 30.6. The lowest BCUT2D eigenvalue weighted by Gasteiger charge is -2.33. The van der Waals surface area contributed by atoms with E-state index in [0.29, 0.717) is 22.7 Å². The molecule has 1 aliphatic carbocycles. The molecule has 0 aromatic heterocycles. The van der Waals surface area contributed by atoms with E-state index in [1.807, 2.05) is 30.3 Å². The van der Waals surface area contributed by atoms with Crippen LogP contribution in [0, 0.1) is 6.92 Å². The second-order valence-corrected chi connectivity index (χ2v) is 12.8. The third-order valence-electron chi connectivity index (χ3n) is 7.72. The van der Waals surface area contributed by atoms with Crippen molar-refractivity contribution >= 4 is 39.1 Å². The molecule has 1 atom stereocenters. The quantitative estimate of drug-likeness (QED) is 0.306. The number of carbonyl (C=O) groups is 2. The van der Waals surface area contributed by atoms with Gasteiger partial charge >= 0.3 is 0 Å². The number of halogens is 1. The summed E-state index contributed by atoms with van der Waals surface area (Å²) in [5, 5.41) is 3.52. The molecule has 2 amide bonds. The summed E-state index contributed by atoms with van der Waals surface area (Å²) in [6.07, 6.45) is 5.68. The van der Waals surface area contributed by atoms with Gasteiger partial charge in [0.15, 0.2) is 0 Å². The van der Waals surface area contributed by atoms with Crippen molar-refractivity contribution in [1.29, 1.82) is 0 Å². The molecule has 4 rings (SSSR count). The molecule has 0 heterocycles. The van der Waals surface area contributed by atoms with Crippen molar-refractivity contribution < 1.29 is 18.0 Å². The molecule has 3 aromatic carbocycles. The molecule has 1 saturated carbocycles. The van der Waals surface area contributed by atoms with Crippen LogP contribution in [-0.2, 0) is 26.0 Å². The Morgan fingerprint density at radius 2 is 1.56 bits per heavy atom. The van der Waals surface area contributed by atoms with Gasteiger partial charge in [-0.2, -0.15) is 0 Å². The summed E-state index contributed by atoms with van der Waals surface area (Å²) in [4.78, 5) is 29.0. The number of rotatable bonds is 11. The molecule has 1 fully saturated rings. The van der Waals surface area contributed by atoms with Gasteiger partial charge in [-0.1, -0.05) is 85.5 Å². The van der Waals surface area contributed by atoms with Gasteiger partial charge in [-0.25, -0.2) is 8.42 Å². The van der Waals surface area contributed by atoms with Crippen LogP contribution in [0.2, 0.25) is 5.02 Å². The van der Waals surface area contributed by atoms with Crippen molar-refractivity contribution in [3.8, 4) is 0 Å². The number of sulfonamides is 1. The maximum Gasteiger partial charge on any atom is 0.264 e. The fraction of sp³-hybridized carbons (Fsp3) is 0.375. The van der Waals surface area contributed by atoms with Crippen LogP contribution in [0.25, 0.3) is 0 Å². The van der Waals surface area contributed by atoms with Gasteiger partial charge in [-0.3, -0.25) is 13.9 Å². The van der Waals surface area contributed by atoms with Crippen LogP contribution < -0.4 is 9.62 Å². The fourth-order valence-electron chi connectivity index (χ4n) is 5.24. The minimum Gasteiger partial charge on any atom is -0.352 e. The van der Waals surface area contributed by atoms with E-state index in [0.717, 1.165) is 42.0 Å². The Bertz CT molecular complexity index is 1430. The summed E-state index contributed by atoms with van der Waals surface area (Å²) in [6, 6.07) is 22.0. The topological polar surface area (TPSA) is 86.8 Å². The van der Waals surface area contributed by atoms with Crippen LogP contribution in [0.4, 0.5) is 5.69 Å². The monoisotopic (exact) mass is 595 g/mol. The standard InChI is InChI=1S/C32H38ClN3O4S/c1-24-29(33)19-12-20-30(24)36(41(39,40)28-17-10-5-11-18-28)23-31(37)35(22-21-26-13-6-3-7-14-26)25(2)32(38)34-27-15-8-4-9-16-27/h3,5-7,10-14,17-20,25,27H,4,8-9,15-16,21-23H2,1-2H3,(H,34,38)/t25-/m1/s1. The Morgan fingerprint density at radius 1 is 0.927 bits per heavy atom. The molecule has 0 spiro atoms. The Labute approximate surface area is 248 Å². The second kappa shape index (κ2) is 14.0. The van der Waals surface area contributed by atoms with Crippen LogP contribution in [0.3, 0.4) is 0 Å². The highest BCUT2D eigenvalue weighted by Gasteiger charge is 2.33.